The van der Waals surface area contributed by atoms with E-state index < -0.39 is 6.17 Å². The molecule has 4 aliphatic heterocycles. The van der Waals surface area contributed by atoms with Gasteiger partial charge in [-0.15, -0.1) is 0 Å². The van der Waals surface area contributed by atoms with Crippen molar-refractivity contribution in [2.24, 2.45) is 5.92 Å². The first-order valence-electron chi connectivity index (χ1n) is 15.9. The summed E-state index contributed by atoms with van der Waals surface area (Å²) in [5.41, 5.74) is 2.30. The van der Waals surface area contributed by atoms with Crippen LogP contribution in [0.15, 0.2) is 36.4 Å². The van der Waals surface area contributed by atoms with E-state index in [0.717, 1.165) is 31.4 Å². The van der Waals surface area contributed by atoms with Crippen LogP contribution in [0.25, 0.3) is 0 Å². The number of carbonyl (C=O) groups is 3. The Bertz CT molecular complexity index is 1380. The van der Waals surface area contributed by atoms with E-state index in [1.807, 2.05) is 36.2 Å². The number of unbranched alkanes of at least 4 members (excludes halogenated alkanes) is 2. The standard InChI is InChI=1S/C34H44N4O5/c1-35(22-23-12-11-20-36-19-10-8-14-26(23)36)29(39)16-5-4-9-21-37-32-25-17-18-28(42-2)31(43-3)30(25)34(41)38(32)27-15-7-6-13-24(27)33(37)40/h6-7,13,15,17-18,23,26,32H,4-5,8-12,14,16,19-22H2,1-3H3. The van der Waals surface area contributed by atoms with Crippen LogP contribution in [0, 0.1) is 5.92 Å². The number of hydrogen-bond donors (Lipinski definition) is 0. The molecule has 2 aromatic carbocycles. The molecule has 0 aliphatic carbocycles. The van der Waals surface area contributed by atoms with E-state index >= 15 is 0 Å². The Labute approximate surface area is 254 Å². The Hall–Kier alpha value is -3.59. The summed E-state index contributed by atoms with van der Waals surface area (Å²) in [5.74, 6) is 1.36. The maximum absolute atomic E-state index is 13.8. The Kier molecular flexibility index (Phi) is 8.61. The second-order valence-corrected chi connectivity index (χ2v) is 12.4. The van der Waals surface area contributed by atoms with Gasteiger partial charge in [-0.1, -0.05) is 31.0 Å². The number of amides is 3. The molecule has 3 amide bonds. The number of anilines is 1. The number of piperidine rings is 2. The van der Waals surface area contributed by atoms with E-state index in [9.17, 15) is 14.4 Å². The number of methoxy groups -OCH3 is 2. The van der Waals surface area contributed by atoms with Gasteiger partial charge >= 0.3 is 0 Å². The number of para-hydroxylation sites is 1. The number of nitrogens with zero attached hydrogens (tertiary/aromatic N) is 4. The fourth-order valence-electron chi connectivity index (χ4n) is 7.82. The first kappa shape index (κ1) is 29.5. The van der Waals surface area contributed by atoms with E-state index in [0.29, 0.717) is 53.2 Å². The zero-order chi connectivity index (χ0) is 30.1. The molecule has 0 radical (unpaired) electrons. The van der Waals surface area contributed by atoms with Gasteiger partial charge in [0.1, 0.15) is 6.17 Å². The summed E-state index contributed by atoms with van der Waals surface area (Å²) < 4.78 is 11.1. The van der Waals surface area contributed by atoms with Gasteiger partial charge in [0.15, 0.2) is 11.5 Å². The van der Waals surface area contributed by atoms with Crippen molar-refractivity contribution in [1.82, 2.24) is 14.7 Å². The van der Waals surface area contributed by atoms with Crippen LogP contribution < -0.4 is 14.4 Å². The second kappa shape index (κ2) is 12.6. The predicted molar refractivity (Wildman–Crippen MR) is 165 cm³/mol. The SMILES string of the molecule is COc1ccc2c(c1OC)C(=O)N1c3ccccc3C(=O)N(CCCCCC(=O)N(C)CC3CCCN4CCCCC34)C21. The molecular weight excluding hydrogens is 544 g/mol. The largest absolute Gasteiger partial charge is 0.493 e. The Balaban J connectivity index is 1.09. The smallest absolute Gasteiger partial charge is 0.264 e. The molecule has 2 fully saturated rings. The third-order valence-corrected chi connectivity index (χ3v) is 9.94. The molecule has 230 valence electrons. The average molecular weight is 589 g/mol. The highest BCUT2D eigenvalue weighted by Crippen LogP contribution is 2.49. The second-order valence-electron chi connectivity index (χ2n) is 12.4. The normalized spacial score (nSPS) is 22.9. The van der Waals surface area contributed by atoms with E-state index in [2.05, 4.69) is 4.90 Å². The Morgan fingerprint density at radius 1 is 0.930 bits per heavy atom. The molecule has 43 heavy (non-hydrogen) atoms. The predicted octanol–water partition coefficient (Wildman–Crippen LogP) is 5.10. The molecule has 4 aliphatic rings. The fraction of sp³-hybridized carbons (Fsp3) is 0.559. The molecule has 2 saturated heterocycles. The minimum Gasteiger partial charge on any atom is -0.493 e. The molecule has 0 N–H and O–H groups in total. The van der Waals surface area contributed by atoms with E-state index in [4.69, 9.17) is 9.47 Å². The van der Waals surface area contributed by atoms with Crippen molar-refractivity contribution in [3.8, 4) is 11.5 Å². The van der Waals surface area contributed by atoms with Crippen LogP contribution in [0.2, 0.25) is 0 Å². The number of ether oxygens (including phenoxy) is 2. The molecule has 3 unspecified atom stereocenters. The van der Waals surface area contributed by atoms with Crippen molar-refractivity contribution in [2.45, 2.75) is 70.0 Å². The molecule has 3 atom stereocenters. The van der Waals surface area contributed by atoms with Crippen molar-refractivity contribution >= 4 is 23.4 Å². The molecule has 9 heteroatoms. The molecule has 6 rings (SSSR count). The zero-order valence-corrected chi connectivity index (χ0v) is 25.7. The summed E-state index contributed by atoms with van der Waals surface area (Å²) in [6.45, 7) is 3.76. The highest BCUT2D eigenvalue weighted by Gasteiger charge is 2.49. The molecule has 0 spiro atoms. The first-order valence-corrected chi connectivity index (χ1v) is 15.9. The van der Waals surface area contributed by atoms with Crippen LogP contribution in [0.1, 0.15) is 90.2 Å². The number of fused-ring (bicyclic) bond motifs is 6. The number of rotatable bonds is 10. The van der Waals surface area contributed by atoms with Crippen LogP contribution in [-0.4, -0.2) is 85.9 Å². The Morgan fingerprint density at radius 3 is 2.56 bits per heavy atom. The lowest BCUT2D eigenvalue weighted by Crippen LogP contribution is -2.51. The van der Waals surface area contributed by atoms with Crippen LogP contribution in [0.4, 0.5) is 5.69 Å². The van der Waals surface area contributed by atoms with Gasteiger partial charge < -0.3 is 24.2 Å². The summed E-state index contributed by atoms with van der Waals surface area (Å²) in [4.78, 5) is 48.8. The van der Waals surface area contributed by atoms with Crippen molar-refractivity contribution in [1.29, 1.82) is 0 Å². The quantitative estimate of drug-likeness (QED) is 0.359. The van der Waals surface area contributed by atoms with Crippen molar-refractivity contribution in [3.05, 3.63) is 53.1 Å². The summed E-state index contributed by atoms with van der Waals surface area (Å²) >= 11 is 0. The minimum atomic E-state index is -0.549. The molecule has 0 saturated carbocycles. The van der Waals surface area contributed by atoms with E-state index in [-0.39, 0.29) is 17.7 Å². The lowest BCUT2D eigenvalue weighted by atomic mass is 9.83. The highest BCUT2D eigenvalue weighted by atomic mass is 16.5. The molecule has 0 bridgehead atoms. The summed E-state index contributed by atoms with van der Waals surface area (Å²) in [5, 5.41) is 0. The minimum absolute atomic E-state index is 0.0904. The van der Waals surface area contributed by atoms with Gasteiger partial charge in [-0.25, -0.2) is 0 Å². The third-order valence-electron chi connectivity index (χ3n) is 9.94. The highest BCUT2D eigenvalue weighted by molar-refractivity contribution is 6.18. The third kappa shape index (κ3) is 5.37. The Morgan fingerprint density at radius 2 is 1.74 bits per heavy atom. The van der Waals surface area contributed by atoms with Gasteiger partial charge in [-0.3, -0.25) is 19.3 Å². The van der Waals surface area contributed by atoms with Crippen molar-refractivity contribution in [3.63, 3.8) is 0 Å². The van der Waals surface area contributed by atoms with E-state index in [1.54, 1.807) is 29.0 Å². The van der Waals surface area contributed by atoms with Crippen molar-refractivity contribution in [2.75, 3.05) is 52.3 Å². The van der Waals surface area contributed by atoms with Crippen LogP contribution in [-0.2, 0) is 4.79 Å². The van der Waals surface area contributed by atoms with Gasteiger partial charge in [0.2, 0.25) is 5.91 Å². The molecule has 4 heterocycles. The maximum atomic E-state index is 13.8. The van der Waals surface area contributed by atoms with Gasteiger partial charge in [-0.05, 0) is 75.7 Å². The van der Waals surface area contributed by atoms with Gasteiger partial charge in [0.05, 0.1) is 31.0 Å². The van der Waals surface area contributed by atoms with Crippen molar-refractivity contribution < 1.29 is 23.9 Å². The zero-order valence-electron chi connectivity index (χ0n) is 25.7. The number of carbonyl (C=O) groups excluding carboxylic acids is 3. The maximum Gasteiger partial charge on any atom is 0.264 e. The number of benzene rings is 2. The van der Waals surface area contributed by atoms with Crippen LogP contribution >= 0.6 is 0 Å². The van der Waals surface area contributed by atoms with Crippen LogP contribution in [0.5, 0.6) is 11.5 Å². The lowest BCUT2D eigenvalue weighted by Gasteiger charge is -2.45. The fourth-order valence-corrected chi connectivity index (χ4v) is 7.82. The molecule has 9 nitrogen and oxygen atoms in total. The summed E-state index contributed by atoms with van der Waals surface area (Å²) in [6, 6.07) is 11.6. The monoisotopic (exact) mass is 588 g/mol. The molecule has 2 aromatic rings. The summed E-state index contributed by atoms with van der Waals surface area (Å²) in [7, 11) is 5.03. The average Bonchev–Trinajstić information content (AvgIpc) is 3.33. The summed E-state index contributed by atoms with van der Waals surface area (Å²) in [6.07, 6.45) is 8.63. The van der Waals surface area contributed by atoms with Crippen LogP contribution in [0.3, 0.4) is 0 Å². The number of hydrogen-bond acceptors (Lipinski definition) is 6. The molecular formula is C34H44N4O5. The van der Waals surface area contributed by atoms with Gasteiger partial charge in [-0.2, -0.15) is 0 Å². The molecule has 0 aromatic heterocycles. The topological polar surface area (TPSA) is 82.6 Å². The first-order chi connectivity index (χ1) is 20.9. The van der Waals surface area contributed by atoms with Gasteiger partial charge in [0.25, 0.3) is 11.8 Å². The van der Waals surface area contributed by atoms with Gasteiger partial charge in [0, 0.05) is 38.2 Å². The van der Waals surface area contributed by atoms with E-state index in [1.165, 1.54) is 52.3 Å². The lowest BCUT2D eigenvalue weighted by molar-refractivity contribution is -0.131.